The molecule has 4 nitrogen and oxygen atoms in total. The van der Waals surface area contributed by atoms with Gasteiger partial charge < -0.3 is 9.97 Å². The molecule has 0 aliphatic heterocycles. The van der Waals surface area contributed by atoms with Gasteiger partial charge in [-0.3, -0.25) is 0 Å². The molecular weight excluding hydrogens is 164 g/mol. The first kappa shape index (κ1) is 9.51. The Morgan fingerprint density at radius 3 is 2.62 bits per heavy atom. The summed E-state index contributed by atoms with van der Waals surface area (Å²) in [6.45, 7) is 3.18. The standard InChI is InChI=1S/C6H11N2.C3H3N2/c1-3-8-5-4-7(2)6-8;1-2-5-3-4-1/h4-6H,3H2,1-2H3;1-3H/q+1;-1. The van der Waals surface area contributed by atoms with Gasteiger partial charge in [0.25, 0.3) is 0 Å². The van der Waals surface area contributed by atoms with Crippen molar-refractivity contribution in [2.45, 2.75) is 13.5 Å². The third-order valence-electron chi connectivity index (χ3n) is 1.56. The normalized spacial score (nSPS) is 9.08. The van der Waals surface area contributed by atoms with Gasteiger partial charge in [0.2, 0.25) is 6.33 Å². The van der Waals surface area contributed by atoms with Gasteiger partial charge in [-0.05, 0) is 6.92 Å². The average molecular weight is 178 g/mol. The molecular formula is C9H14N4. The monoisotopic (exact) mass is 178 g/mol. The summed E-state index contributed by atoms with van der Waals surface area (Å²) in [5.41, 5.74) is 0. The summed E-state index contributed by atoms with van der Waals surface area (Å²) in [6.07, 6.45) is 10.9. The van der Waals surface area contributed by atoms with E-state index in [2.05, 4.69) is 34.0 Å². The van der Waals surface area contributed by atoms with Gasteiger partial charge in [0.05, 0.1) is 13.6 Å². The molecule has 0 saturated heterocycles. The van der Waals surface area contributed by atoms with E-state index in [1.165, 1.54) is 6.33 Å². The van der Waals surface area contributed by atoms with Crippen molar-refractivity contribution in [2.75, 3.05) is 0 Å². The molecule has 4 heteroatoms. The maximum absolute atomic E-state index is 3.61. The van der Waals surface area contributed by atoms with Crippen LogP contribution >= 0.6 is 0 Å². The first-order valence-corrected chi connectivity index (χ1v) is 4.20. The first-order valence-electron chi connectivity index (χ1n) is 4.20. The molecule has 2 aromatic heterocycles. The molecule has 13 heavy (non-hydrogen) atoms. The smallest absolute Gasteiger partial charge is 0.243 e. The van der Waals surface area contributed by atoms with Crippen molar-refractivity contribution >= 4 is 0 Å². The third-order valence-corrected chi connectivity index (χ3v) is 1.56. The molecule has 0 amide bonds. The minimum absolute atomic E-state index is 1.06. The van der Waals surface area contributed by atoms with Crippen LogP contribution < -0.4 is 9.55 Å². The van der Waals surface area contributed by atoms with E-state index in [1.807, 2.05) is 17.8 Å². The topological polar surface area (TPSA) is 35.8 Å². The lowest BCUT2D eigenvalue weighted by Gasteiger charge is -1.81. The Morgan fingerprint density at radius 1 is 1.54 bits per heavy atom. The highest BCUT2D eigenvalue weighted by Gasteiger charge is 1.92. The molecule has 0 atom stereocenters. The second-order valence-electron chi connectivity index (χ2n) is 2.62. The molecule has 0 unspecified atom stereocenters. The number of aryl methyl sites for hydroxylation is 2. The van der Waals surface area contributed by atoms with Crippen molar-refractivity contribution in [3.63, 3.8) is 0 Å². The molecule has 70 valence electrons. The van der Waals surface area contributed by atoms with Crippen molar-refractivity contribution < 1.29 is 4.57 Å². The van der Waals surface area contributed by atoms with E-state index in [0.29, 0.717) is 0 Å². The van der Waals surface area contributed by atoms with Crippen molar-refractivity contribution in [3.8, 4) is 0 Å². The largest absolute Gasteiger partial charge is 0.450 e. The molecule has 0 spiro atoms. The van der Waals surface area contributed by atoms with Crippen LogP contribution in [0.5, 0.6) is 0 Å². The Bertz CT molecular complexity index is 293. The van der Waals surface area contributed by atoms with Gasteiger partial charge in [0.1, 0.15) is 12.4 Å². The Hall–Kier alpha value is -1.58. The summed E-state index contributed by atoms with van der Waals surface area (Å²) in [5, 5.41) is 0. The molecule has 0 aromatic carbocycles. The molecule has 0 bridgehead atoms. The summed E-state index contributed by atoms with van der Waals surface area (Å²) in [7, 11) is 2.02. The van der Waals surface area contributed by atoms with Crippen LogP contribution in [0.15, 0.2) is 37.4 Å². The number of rotatable bonds is 1. The minimum Gasteiger partial charge on any atom is -0.450 e. The molecule has 2 aromatic rings. The van der Waals surface area contributed by atoms with Crippen LogP contribution in [0.25, 0.3) is 0 Å². The molecule has 0 radical (unpaired) electrons. The molecule has 0 aliphatic carbocycles. The maximum Gasteiger partial charge on any atom is 0.243 e. The molecule has 0 aliphatic rings. The first-order chi connectivity index (χ1) is 6.33. The van der Waals surface area contributed by atoms with Gasteiger partial charge in [-0.15, -0.1) is 0 Å². The van der Waals surface area contributed by atoms with E-state index in [1.54, 1.807) is 12.4 Å². The molecule has 0 fully saturated rings. The van der Waals surface area contributed by atoms with Gasteiger partial charge in [-0.1, -0.05) is 18.7 Å². The maximum atomic E-state index is 3.61. The van der Waals surface area contributed by atoms with Crippen LogP contribution in [0.4, 0.5) is 0 Å². The minimum atomic E-state index is 1.06. The fourth-order valence-corrected chi connectivity index (χ4v) is 0.881. The van der Waals surface area contributed by atoms with Crippen LogP contribution in [0.3, 0.4) is 0 Å². The zero-order valence-corrected chi connectivity index (χ0v) is 7.96. The number of hydrogen-bond donors (Lipinski definition) is 0. The second kappa shape index (κ2) is 5.13. The fourth-order valence-electron chi connectivity index (χ4n) is 0.881. The zero-order chi connectivity index (χ0) is 9.52. The van der Waals surface area contributed by atoms with Crippen molar-refractivity contribution in [1.82, 2.24) is 14.5 Å². The number of aromatic nitrogens is 4. The number of imidazole rings is 2. The van der Waals surface area contributed by atoms with Crippen LogP contribution in [0.2, 0.25) is 0 Å². The highest BCUT2D eigenvalue weighted by molar-refractivity contribution is 4.64. The molecule has 2 heterocycles. The van der Waals surface area contributed by atoms with E-state index in [-0.39, 0.29) is 0 Å². The van der Waals surface area contributed by atoms with E-state index in [9.17, 15) is 0 Å². The van der Waals surface area contributed by atoms with E-state index in [4.69, 9.17) is 0 Å². The SMILES string of the molecule is CCn1cc[n+](C)c1.c1c[n-]cn1. The Morgan fingerprint density at radius 2 is 2.38 bits per heavy atom. The summed E-state index contributed by atoms with van der Waals surface area (Å²) in [4.78, 5) is 7.22. The quantitative estimate of drug-likeness (QED) is 0.591. The summed E-state index contributed by atoms with van der Waals surface area (Å²) >= 11 is 0. The number of nitrogens with zero attached hydrogens (tertiary/aromatic N) is 4. The molecule has 2 rings (SSSR count). The Labute approximate surface area is 77.9 Å². The lowest BCUT2D eigenvalue weighted by Crippen LogP contribution is -2.23. The summed E-state index contributed by atoms with van der Waals surface area (Å²) in [6, 6.07) is 0. The van der Waals surface area contributed by atoms with Gasteiger partial charge in [-0.2, -0.15) is 0 Å². The summed E-state index contributed by atoms with van der Waals surface area (Å²) in [5.74, 6) is 0. The van der Waals surface area contributed by atoms with Crippen LogP contribution in [0, 0.1) is 0 Å². The summed E-state index contributed by atoms with van der Waals surface area (Å²) < 4.78 is 4.16. The van der Waals surface area contributed by atoms with Gasteiger partial charge >= 0.3 is 0 Å². The van der Waals surface area contributed by atoms with E-state index >= 15 is 0 Å². The van der Waals surface area contributed by atoms with Crippen LogP contribution in [-0.4, -0.2) is 9.55 Å². The van der Waals surface area contributed by atoms with Crippen LogP contribution in [0.1, 0.15) is 6.92 Å². The molecule has 0 N–H and O–H groups in total. The van der Waals surface area contributed by atoms with Gasteiger partial charge in [0, 0.05) is 0 Å². The zero-order valence-electron chi connectivity index (χ0n) is 7.96. The van der Waals surface area contributed by atoms with Gasteiger partial charge in [0.15, 0.2) is 0 Å². The van der Waals surface area contributed by atoms with Crippen LogP contribution in [-0.2, 0) is 13.6 Å². The Balaban J connectivity index is 0.000000145. The van der Waals surface area contributed by atoms with E-state index < -0.39 is 0 Å². The predicted molar refractivity (Wildman–Crippen MR) is 48.8 cm³/mol. The van der Waals surface area contributed by atoms with Gasteiger partial charge in [-0.25, -0.2) is 9.13 Å². The predicted octanol–water partition coefficient (Wildman–Crippen LogP) is 0.371. The lowest BCUT2D eigenvalue weighted by atomic mass is 10.7. The lowest BCUT2D eigenvalue weighted by molar-refractivity contribution is -0.671. The molecule has 0 saturated carbocycles. The number of hydrogen-bond acceptors (Lipinski definition) is 1. The van der Waals surface area contributed by atoms with Crippen molar-refractivity contribution in [1.29, 1.82) is 0 Å². The highest BCUT2D eigenvalue weighted by Crippen LogP contribution is 1.79. The Kier molecular flexibility index (Phi) is 3.75. The van der Waals surface area contributed by atoms with E-state index in [0.717, 1.165) is 6.54 Å². The van der Waals surface area contributed by atoms with Crippen molar-refractivity contribution in [2.24, 2.45) is 7.05 Å². The fraction of sp³-hybridized carbons (Fsp3) is 0.333. The second-order valence-corrected chi connectivity index (χ2v) is 2.62. The van der Waals surface area contributed by atoms with Crippen molar-refractivity contribution in [3.05, 3.63) is 37.4 Å². The average Bonchev–Trinajstić information content (AvgIpc) is 2.76. The highest BCUT2D eigenvalue weighted by atomic mass is 15.1. The third kappa shape index (κ3) is 3.55.